The summed E-state index contributed by atoms with van der Waals surface area (Å²) in [5, 5.41) is 10.9. The van der Waals surface area contributed by atoms with Crippen LogP contribution in [-0.2, 0) is 15.0 Å². The Bertz CT molecular complexity index is 1410. The molecular formula is C32H36Cl2FN3O2S. The van der Waals surface area contributed by atoms with Gasteiger partial charge in [0.2, 0.25) is 11.8 Å². The first-order valence-electron chi connectivity index (χ1n) is 14.9. The van der Waals surface area contributed by atoms with Crippen molar-refractivity contribution in [3.8, 4) is 0 Å². The van der Waals surface area contributed by atoms with Crippen LogP contribution in [0.1, 0.15) is 87.7 Å². The van der Waals surface area contributed by atoms with Crippen LogP contribution in [0.4, 0.5) is 10.1 Å². The Morgan fingerprint density at radius 2 is 1.71 bits per heavy atom. The van der Waals surface area contributed by atoms with Crippen LogP contribution >= 0.6 is 35.0 Å². The molecule has 3 atom stereocenters. The lowest BCUT2D eigenvalue weighted by atomic mass is 9.55. The van der Waals surface area contributed by atoms with Gasteiger partial charge >= 0.3 is 0 Å². The number of anilines is 1. The van der Waals surface area contributed by atoms with E-state index < -0.39 is 28.7 Å². The van der Waals surface area contributed by atoms with Gasteiger partial charge in [0, 0.05) is 32.5 Å². The van der Waals surface area contributed by atoms with Gasteiger partial charge < -0.3 is 10.6 Å². The van der Waals surface area contributed by atoms with E-state index in [-0.39, 0.29) is 22.4 Å². The van der Waals surface area contributed by atoms with Gasteiger partial charge in [0.15, 0.2) is 0 Å². The molecule has 2 heterocycles. The molecule has 4 saturated carbocycles. The molecule has 41 heavy (non-hydrogen) atoms. The summed E-state index contributed by atoms with van der Waals surface area (Å²) < 4.78 is 16.4. The fourth-order valence-corrected chi connectivity index (χ4v) is 10.5. The van der Waals surface area contributed by atoms with Gasteiger partial charge in [-0.1, -0.05) is 60.7 Å². The second kappa shape index (κ2) is 9.87. The number of hydrogen-bond donors (Lipinski definition) is 3. The summed E-state index contributed by atoms with van der Waals surface area (Å²) in [6.07, 6.45) is 12.6. The van der Waals surface area contributed by atoms with Crippen LogP contribution < -0.4 is 16.0 Å². The molecule has 5 fully saturated rings. The zero-order valence-electron chi connectivity index (χ0n) is 23.3. The summed E-state index contributed by atoms with van der Waals surface area (Å²) in [4.78, 5) is 29.1. The Morgan fingerprint density at radius 3 is 2.39 bits per heavy atom. The van der Waals surface area contributed by atoms with E-state index in [0.717, 1.165) is 63.4 Å². The zero-order chi connectivity index (χ0) is 28.6. The Hall–Kier alpha value is -1.80. The Kier molecular flexibility index (Phi) is 6.74. The average molecular weight is 617 g/mol. The third-order valence-electron chi connectivity index (χ3n) is 11.3. The number of rotatable bonds is 4. The minimum Gasteiger partial charge on any atom is -0.349 e. The van der Waals surface area contributed by atoms with Crippen LogP contribution in [0.3, 0.4) is 0 Å². The number of carbonyl (C=O) groups excluding carboxylic acids is 2. The van der Waals surface area contributed by atoms with E-state index >= 15 is 4.39 Å². The first-order valence-corrected chi connectivity index (χ1v) is 16.9. The highest BCUT2D eigenvalue weighted by molar-refractivity contribution is 8.00. The maximum absolute atomic E-state index is 16.1. The normalized spacial score (nSPS) is 35.1. The molecule has 8 rings (SSSR count). The first-order chi connectivity index (χ1) is 19.7. The van der Waals surface area contributed by atoms with Crippen molar-refractivity contribution in [2.45, 2.75) is 104 Å². The van der Waals surface area contributed by atoms with Crippen LogP contribution in [0.25, 0.3) is 0 Å². The van der Waals surface area contributed by atoms with E-state index in [1.807, 2.05) is 17.8 Å². The highest BCUT2D eigenvalue weighted by atomic mass is 35.5. The highest BCUT2D eigenvalue weighted by Gasteiger charge is 2.72. The summed E-state index contributed by atoms with van der Waals surface area (Å²) in [7, 11) is 0. The summed E-state index contributed by atoms with van der Waals surface area (Å²) in [6.45, 7) is 0. The molecule has 5 nitrogen and oxygen atoms in total. The molecule has 0 radical (unpaired) electrons. The van der Waals surface area contributed by atoms with Gasteiger partial charge in [-0.05, 0) is 86.9 Å². The van der Waals surface area contributed by atoms with Gasteiger partial charge in [0.25, 0.3) is 0 Å². The van der Waals surface area contributed by atoms with Gasteiger partial charge in [-0.3, -0.25) is 14.9 Å². The molecule has 9 heteroatoms. The van der Waals surface area contributed by atoms with Crippen LogP contribution in [0.15, 0.2) is 36.4 Å². The molecule has 1 saturated heterocycles. The molecule has 0 aromatic heterocycles. The summed E-state index contributed by atoms with van der Waals surface area (Å²) in [6, 6.07) is 9.57. The number of amides is 2. The largest absolute Gasteiger partial charge is 0.349 e. The van der Waals surface area contributed by atoms with E-state index in [0.29, 0.717) is 33.9 Å². The molecule has 4 aliphatic carbocycles. The van der Waals surface area contributed by atoms with Crippen LogP contribution in [-0.4, -0.2) is 39.9 Å². The van der Waals surface area contributed by atoms with Crippen molar-refractivity contribution in [3.63, 3.8) is 0 Å². The number of hydrogen-bond acceptors (Lipinski definition) is 4. The maximum Gasteiger partial charge on any atom is 0.238 e. The number of carbonyl (C=O) groups is 2. The third-order valence-corrected chi connectivity index (χ3v) is 13.3. The average Bonchev–Trinajstić information content (AvgIpc) is 3.43. The lowest BCUT2D eigenvalue weighted by molar-refractivity contribution is -0.126. The fraction of sp³-hybridized carbons (Fsp3) is 0.562. The minimum atomic E-state index is -1.20. The van der Waals surface area contributed by atoms with E-state index in [1.54, 1.807) is 24.3 Å². The van der Waals surface area contributed by atoms with Crippen LogP contribution in [0, 0.1) is 5.82 Å². The number of benzene rings is 2. The van der Waals surface area contributed by atoms with Crippen LogP contribution in [0.5, 0.6) is 0 Å². The summed E-state index contributed by atoms with van der Waals surface area (Å²) >= 11 is 14.7. The zero-order valence-corrected chi connectivity index (χ0v) is 25.6. The summed E-state index contributed by atoms with van der Waals surface area (Å²) in [5.74, 6) is -1.72. The molecule has 218 valence electrons. The first kappa shape index (κ1) is 28.0. The standard InChI is InChI=1S/C32H36Cl2FN3O2S/c1-41-30-15-12-29(13-16-30,14-17-30)38-27(39)26-24(20-6-5-7-22(34)25(20)35)32(31(37-26)10-3-2-4-11-31)21-9-8-19(33)18-23(21)36-28(32)40/h5-9,18,24,26,37H,2-4,10-17H2,1H3,(H,36,40)(H,38,39)/t24-,26+,29?,30?,32+/m0/s1. The van der Waals surface area contributed by atoms with Crippen molar-refractivity contribution >= 4 is 52.5 Å². The molecule has 2 amide bonds. The Morgan fingerprint density at radius 1 is 1.00 bits per heavy atom. The Balaban J connectivity index is 1.38. The topological polar surface area (TPSA) is 70.2 Å². The van der Waals surface area contributed by atoms with E-state index in [2.05, 4.69) is 22.2 Å². The minimum absolute atomic E-state index is 0.0114. The Labute approximate surface area is 255 Å². The molecule has 6 aliphatic rings. The van der Waals surface area contributed by atoms with Crippen molar-refractivity contribution in [3.05, 3.63) is 63.4 Å². The molecule has 2 aliphatic heterocycles. The molecule has 2 bridgehead atoms. The highest BCUT2D eigenvalue weighted by Crippen LogP contribution is 2.63. The van der Waals surface area contributed by atoms with Crippen LogP contribution in [0.2, 0.25) is 10.0 Å². The quantitative estimate of drug-likeness (QED) is 0.343. The number of thioether (sulfide) groups is 1. The van der Waals surface area contributed by atoms with E-state index in [1.165, 1.54) is 6.07 Å². The molecule has 2 aromatic carbocycles. The SMILES string of the molecule is CSC12CCC(NC(=O)[C@@H]3NC4(CCCCC4)[C@@]4(C(=O)Nc5cc(Cl)ccc54)[C@H]3c3cccc(Cl)c3F)(CC1)CC2. The lowest BCUT2D eigenvalue weighted by Gasteiger charge is -2.53. The predicted molar refractivity (Wildman–Crippen MR) is 163 cm³/mol. The number of nitrogens with one attached hydrogen (secondary N) is 3. The third kappa shape index (κ3) is 3.98. The number of fused-ring (bicyclic) bond motifs is 6. The van der Waals surface area contributed by atoms with Gasteiger partial charge in [0.05, 0.1) is 11.1 Å². The van der Waals surface area contributed by atoms with Crippen molar-refractivity contribution in [1.82, 2.24) is 10.6 Å². The van der Waals surface area contributed by atoms with Gasteiger partial charge in [-0.2, -0.15) is 11.8 Å². The summed E-state index contributed by atoms with van der Waals surface area (Å²) in [5.41, 5.74) is -0.469. The lowest BCUT2D eigenvalue weighted by Crippen LogP contribution is -2.62. The molecular weight excluding hydrogens is 580 g/mol. The molecule has 2 aromatic rings. The van der Waals surface area contributed by atoms with Gasteiger partial charge in [-0.15, -0.1) is 0 Å². The van der Waals surface area contributed by atoms with Crippen molar-refractivity contribution in [2.75, 3.05) is 11.6 Å². The molecule has 2 spiro atoms. The molecule has 0 unspecified atom stereocenters. The van der Waals surface area contributed by atoms with E-state index in [4.69, 9.17) is 23.2 Å². The van der Waals surface area contributed by atoms with Gasteiger partial charge in [-0.25, -0.2) is 4.39 Å². The monoisotopic (exact) mass is 615 g/mol. The fourth-order valence-electron chi connectivity index (χ4n) is 9.20. The van der Waals surface area contributed by atoms with Crippen molar-refractivity contribution in [1.29, 1.82) is 0 Å². The smallest absolute Gasteiger partial charge is 0.238 e. The van der Waals surface area contributed by atoms with E-state index in [9.17, 15) is 9.59 Å². The maximum atomic E-state index is 16.1. The number of halogens is 3. The van der Waals surface area contributed by atoms with Gasteiger partial charge in [0.1, 0.15) is 11.2 Å². The van der Waals surface area contributed by atoms with Crippen molar-refractivity contribution in [2.24, 2.45) is 0 Å². The second-order valence-corrected chi connectivity index (χ2v) is 15.1. The molecule has 3 N–H and O–H groups in total. The van der Waals surface area contributed by atoms with Crippen molar-refractivity contribution < 1.29 is 14.0 Å². The predicted octanol–water partition coefficient (Wildman–Crippen LogP) is 7.11. The second-order valence-electron chi connectivity index (χ2n) is 13.0.